The highest BCUT2D eigenvalue weighted by Gasteiger charge is 2.39. The maximum atomic E-state index is 12.0. The zero-order valence-electron chi connectivity index (χ0n) is 11.8. The molecule has 20 heavy (non-hydrogen) atoms. The molecule has 0 spiro atoms. The monoisotopic (exact) mass is 278 g/mol. The standard InChI is InChI=1S/C15H22N2O3/c1-11-15(19,7-9-20-11)10-17-14(18)13-4-2-12(3-5-13)6-8-16/h2-5,11,19H,6-10,16H2,1H3,(H,17,18). The number of ether oxygens (including phenoxy) is 1. The van der Waals surface area contributed by atoms with Crippen LogP contribution in [-0.4, -0.2) is 42.4 Å². The number of nitrogens with one attached hydrogen (secondary N) is 1. The van der Waals surface area contributed by atoms with Gasteiger partial charge in [0.15, 0.2) is 0 Å². The van der Waals surface area contributed by atoms with E-state index in [1.54, 1.807) is 12.1 Å². The van der Waals surface area contributed by atoms with Gasteiger partial charge in [0.2, 0.25) is 0 Å². The van der Waals surface area contributed by atoms with Gasteiger partial charge in [0.1, 0.15) is 5.60 Å². The summed E-state index contributed by atoms with van der Waals surface area (Å²) in [6.45, 7) is 3.15. The van der Waals surface area contributed by atoms with Crippen molar-refractivity contribution in [3.05, 3.63) is 35.4 Å². The predicted octanol–water partition coefficient (Wildman–Crippen LogP) is 0.457. The molecule has 0 aliphatic carbocycles. The molecule has 5 nitrogen and oxygen atoms in total. The minimum atomic E-state index is -0.963. The van der Waals surface area contributed by atoms with E-state index in [9.17, 15) is 9.90 Å². The second-order valence-corrected chi connectivity index (χ2v) is 5.28. The van der Waals surface area contributed by atoms with Gasteiger partial charge in [-0.2, -0.15) is 0 Å². The normalized spacial score (nSPS) is 25.6. The number of rotatable bonds is 5. The van der Waals surface area contributed by atoms with Gasteiger partial charge in [-0.15, -0.1) is 0 Å². The third kappa shape index (κ3) is 3.36. The number of amides is 1. The lowest BCUT2D eigenvalue weighted by molar-refractivity contribution is -0.0251. The van der Waals surface area contributed by atoms with Crippen LogP contribution >= 0.6 is 0 Å². The molecule has 0 saturated carbocycles. The summed E-state index contributed by atoms with van der Waals surface area (Å²) in [5.74, 6) is -0.183. The Morgan fingerprint density at radius 2 is 2.20 bits per heavy atom. The van der Waals surface area contributed by atoms with Crippen LogP contribution in [0.5, 0.6) is 0 Å². The van der Waals surface area contributed by atoms with Crippen molar-refractivity contribution >= 4 is 5.91 Å². The van der Waals surface area contributed by atoms with Crippen LogP contribution in [0.4, 0.5) is 0 Å². The van der Waals surface area contributed by atoms with Crippen molar-refractivity contribution in [1.29, 1.82) is 0 Å². The second-order valence-electron chi connectivity index (χ2n) is 5.28. The summed E-state index contributed by atoms with van der Waals surface area (Å²) in [7, 11) is 0. The lowest BCUT2D eigenvalue weighted by Gasteiger charge is -2.26. The highest BCUT2D eigenvalue weighted by Crippen LogP contribution is 2.24. The maximum Gasteiger partial charge on any atom is 0.251 e. The first-order valence-corrected chi connectivity index (χ1v) is 6.96. The van der Waals surface area contributed by atoms with Gasteiger partial charge in [-0.1, -0.05) is 12.1 Å². The van der Waals surface area contributed by atoms with Crippen molar-refractivity contribution in [3.8, 4) is 0 Å². The maximum absolute atomic E-state index is 12.0. The number of carbonyl (C=O) groups excluding carboxylic acids is 1. The molecular formula is C15H22N2O3. The number of hydrogen-bond donors (Lipinski definition) is 3. The lowest BCUT2D eigenvalue weighted by Crippen LogP contribution is -2.47. The number of nitrogens with two attached hydrogens (primary N) is 1. The molecule has 2 rings (SSSR count). The van der Waals surface area contributed by atoms with Crippen molar-refractivity contribution in [2.75, 3.05) is 19.7 Å². The van der Waals surface area contributed by atoms with E-state index in [1.807, 2.05) is 19.1 Å². The van der Waals surface area contributed by atoms with E-state index in [4.69, 9.17) is 10.5 Å². The van der Waals surface area contributed by atoms with Crippen LogP contribution in [0.2, 0.25) is 0 Å². The highest BCUT2D eigenvalue weighted by molar-refractivity contribution is 5.94. The molecule has 2 unspecified atom stereocenters. The average molecular weight is 278 g/mol. The van der Waals surface area contributed by atoms with Gasteiger partial charge in [-0.05, 0) is 37.6 Å². The molecule has 1 aromatic rings. The number of carbonyl (C=O) groups is 1. The molecule has 2 atom stereocenters. The van der Waals surface area contributed by atoms with E-state index in [2.05, 4.69) is 5.32 Å². The zero-order chi connectivity index (χ0) is 14.6. The minimum absolute atomic E-state index is 0.183. The third-order valence-corrected chi connectivity index (χ3v) is 3.86. The molecule has 0 aromatic heterocycles. The quantitative estimate of drug-likeness (QED) is 0.730. The SMILES string of the molecule is CC1OCCC1(O)CNC(=O)c1ccc(CCN)cc1. The van der Waals surface area contributed by atoms with Crippen LogP contribution in [0.1, 0.15) is 29.3 Å². The largest absolute Gasteiger partial charge is 0.385 e. The Balaban J connectivity index is 1.91. The molecule has 110 valence electrons. The van der Waals surface area contributed by atoms with E-state index in [-0.39, 0.29) is 18.6 Å². The fourth-order valence-corrected chi connectivity index (χ4v) is 2.33. The van der Waals surface area contributed by atoms with Gasteiger partial charge < -0.3 is 20.9 Å². The second kappa shape index (κ2) is 6.35. The molecule has 4 N–H and O–H groups in total. The van der Waals surface area contributed by atoms with Crippen molar-refractivity contribution in [3.63, 3.8) is 0 Å². The van der Waals surface area contributed by atoms with Crippen LogP contribution < -0.4 is 11.1 Å². The minimum Gasteiger partial charge on any atom is -0.385 e. The van der Waals surface area contributed by atoms with Crippen LogP contribution in [-0.2, 0) is 11.2 Å². The summed E-state index contributed by atoms with van der Waals surface area (Å²) in [6, 6.07) is 7.35. The number of hydrogen-bond acceptors (Lipinski definition) is 4. The molecule has 0 bridgehead atoms. The Kier molecular flexibility index (Phi) is 4.75. The molecule has 1 saturated heterocycles. The summed E-state index contributed by atoms with van der Waals surface area (Å²) in [6.07, 6.45) is 1.09. The van der Waals surface area contributed by atoms with Crippen molar-refractivity contribution in [2.45, 2.75) is 31.5 Å². The Bertz CT molecular complexity index is 461. The fourth-order valence-electron chi connectivity index (χ4n) is 2.33. The molecule has 1 aromatic carbocycles. The van der Waals surface area contributed by atoms with Gasteiger partial charge in [0.05, 0.1) is 6.10 Å². The van der Waals surface area contributed by atoms with E-state index < -0.39 is 5.60 Å². The predicted molar refractivity (Wildman–Crippen MR) is 76.5 cm³/mol. The van der Waals surface area contributed by atoms with Gasteiger partial charge in [0, 0.05) is 25.1 Å². The third-order valence-electron chi connectivity index (χ3n) is 3.86. The summed E-state index contributed by atoms with van der Waals surface area (Å²) in [5.41, 5.74) is 6.22. The summed E-state index contributed by atoms with van der Waals surface area (Å²) in [4.78, 5) is 12.0. The molecular weight excluding hydrogens is 256 g/mol. The Morgan fingerprint density at radius 3 is 2.75 bits per heavy atom. The van der Waals surface area contributed by atoms with Crippen LogP contribution in [0, 0.1) is 0 Å². The molecule has 1 heterocycles. The van der Waals surface area contributed by atoms with Crippen LogP contribution in [0.3, 0.4) is 0 Å². The summed E-state index contributed by atoms with van der Waals surface area (Å²) < 4.78 is 5.34. The van der Waals surface area contributed by atoms with Gasteiger partial charge in [0.25, 0.3) is 5.91 Å². The van der Waals surface area contributed by atoms with Gasteiger partial charge in [-0.3, -0.25) is 4.79 Å². The summed E-state index contributed by atoms with van der Waals surface area (Å²) in [5, 5.41) is 13.1. The van der Waals surface area contributed by atoms with Crippen LogP contribution in [0.15, 0.2) is 24.3 Å². The van der Waals surface area contributed by atoms with E-state index >= 15 is 0 Å². The molecule has 1 amide bonds. The van der Waals surface area contributed by atoms with E-state index in [0.717, 1.165) is 12.0 Å². The Labute approximate surface area is 119 Å². The Morgan fingerprint density at radius 1 is 1.50 bits per heavy atom. The van der Waals surface area contributed by atoms with E-state index in [1.165, 1.54) is 0 Å². The lowest BCUT2D eigenvalue weighted by atomic mass is 9.96. The first kappa shape index (κ1) is 15.0. The van der Waals surface area contributed by atoms with Crippen molar-refractivity contribution in [1.82, 2.24) is 5.32 Å². The number of benzene rings is 1. The number of aliphatic hydroxyl groups is 1. The molecule has 0 radical (unpaired) electrons. The van der Waals surface area contributed by atoms with E-state index in [0.29, 0.717) is 25.1 Å². The van der Waals surface area contributed by atoms with Crippen molar-refractivity contribution < 1.29 is 14.6 Å². The topological polar surface area (TPSA) is 84.6 Å². The molecule has 1 aliphatic heterocycles. The summed E-state index contributed by atoms with van der Waals surface area (Å²) >= 11 is 0. The molecule has 1 fully saturated rings. The van der Waals surface area contributed by atoms with Gasteiger partial charge >= 0.3 is 0 Å². The highest BCUT2D eigenvalue weighted by atomic mass is 16.5. The van der Waals surface area contributed by atoms with Crippen LogP contribution in [0.25, 0.3) is 0 Å². The van der Waals surface area contributed by atoms with Crippen molar-refractivity contribution in [2.24, 2.45) is 5.73 Å². The zero-order valence-corrected chi connectivity index (χ0v) is 11.8. The molecule has 1 aliphatic rings. The smallest absolute Gasteiger partial charge is 0.251 e. The fraction of sp³-hybridized carbons (Fsp3) is 0.533. The molecule has 5 heteroatoms. The first-order valence-electron chi connectivity index (χ1n) is 6.96. The Hall–Kier alpha value is -1.43. The van der Waals surface area contributed by atoms with Gasteiger partial charge in [-0.25, -0.2) is 0 Å². The first-order chi connectivity index (χ1) is 9.55. The average Bonchev–Trinajstić information content (AvgIpc) is 2.78.